The monoisotopic (exact) mass is 544 g/mol. The van der Waals surface area contributed by atoms with Crippen molar-refractivity contribution in [2.45, 2.75) is 75.1 Å². The summed E-state index contributed by atoms with van der Waals surface area (Å²) in [5.41, 5.74) is 0.0302. The number of aliphatic hydroxyl groups excluding tert-OH is 1. The van der Waals surface area contributed by atoms with E-state index in [1.165, 1.54) is 6.07 Å². The third kappa shape index (κ3) is 11.8. The molecule has 0 saturated carbocycles. The van der Waals surface area contributed by atoms with Gasteiger partial charge in [0.1, 0.15) is 5.82 Å². The number of aryl methyl sites for hydroxylation is 2. The zero-order chi connectivity index (χ0) is 27.6. The lowest BCUT2D eigenvalue weighted by molar-refractivity contribution is -0.138. The van der Waals surface area contributed by atoms with Crippen LogP contribution in [0, 0.1) is 5.82 Å². The van der Waals surface area contributed by atoms with E-state index in [1.807, 2.05) is 19.9 Å². The standard InChI is InChI=1S/C27H36F4N2O3S/c1-26(2,13-7-10-20-9-4-5-11-24(20)28)32-17-22(34)18-33(3)37-23-15-19(8-6-12-25(35)36)14-21(16-23)27(29,30)31/h4-5,9,11,14-16,22,32,34H,6-8,10,12-13,17-18H2,1-3H3,(H,35,36)/t22-/m1/s1. The Morgan fingerprint density at radius 2 is 1.81 bits per heavy atom. The van der Waals surface area contributed by atoms with Gasteiger partial charge in [-0.25, -0.2) is 8.70 Å². The van der Waals surface area contributed by atoms with Crippen molar-refractivity contribution in [3.63, 3.8) is 0 Å². The molecule has 3 N–H and O–H groups in total. The highest BCUT2D eigenvalue weighted by molar-refractivity contribution is 7.97. The second-order valence-electron chi connectivity index (χ2n) is 9.88. The summed E-state index contributed by atoms with van der Waals surface area (Å²) in [6, 6.07) is 10.4. The molecule has 0 saturated heterocycles. The van der Waals surface area contributed by atoms with Gasteiger partial charge in [-0.05, 0) is 100 Å². The summed E-state index contributed by atoms with van der Waals surface area (Å²) in [6.07, 6.45) is -2.75. The van der Waals surface area contributed by atoms with Gasteiger partial charge in [-0.15, -0.1) is 0 Å². The quantitative estimate of drug-likeness (QED) is 0.190. The first-order valence-electron chi connectivity index (χ1n) is 12.2. The number of nitrogens with zero attached hydrogens (tertiary/aromatic N) is 1. The van der Waals surface area contributed by atoms with E-state index in [-0.39, 0.29) is 37.2 Å². The number of carboxylic acids is 1. The van der Waals surface area contributed by atoms with Crippen LogP contribution in [-0.4, -0.2) is 52.3 Å². The van der Waals surface area contributed by atoms with Crippen molar-refractivity contribution in [3.05, 3.63) is 65.0 Å². The largest absolute Gasteiger partial charge is 0.481 e. The van der Waals surface area contributed by atoms with E-state index >= 15 is 0 Å². The number of alkyl halides is 3. The minimum absolute atomic E-state index is 0.114. The molecule has 0 fully saturated rings. The first-order chi connectivity index (χ1) is 17.2. The van der Waals surface area contributed by atoms with Gasteiger partial charge < -0.3 is 15.5 Å². The molecule has 206 valence electrons. The second kappa shape index (κ2) is 14.1. The number of β-amino-alcohol motifs (C(OH)–C–C–N with tert-alkyl or cyclic N) is 1. The van der Waals surface area contributed by atoms with Crippen LogP contribution in [0.1, 0.15) is 56.2 Å². The summed E-state index contributed by atoms with van der Waals surface area (Å²) in [6.45, 7) is 4.52. The fraction of sp³-hybridized carbons (Fsp3) is 0.519. The first-order valence-corrected chi connectivity index (χ1v) is 13.0. The normalized spacial score (nSPS) is 13.2. The van der Waals surface area contributed by atoms with Crippen molar-refractivity contribution >= 4 is 17.9 Å². The predicted molar refractivity (Wildman–Crippen MR) is 138 cm³/mol. The lowest BCUT2D eigenvalue weighted by Gasteiger charge is -2.29. The molecule has 0 spiro atoms. The minimum atomic E-state index is -4.52. The Morgan fingerprint density at radius 3 is 2.46 bits per heavy atom. The van der Waals surface area contributed by atoms with Crippen LogP contribution in [0.3, 0.4) is 0 Å². The number of aliphatic hydroxyl groups is 1. The molecular formula is C27H36F4N2O3S. The first kappa shape index (κ1) is 31.1. The fourth-order valence-electron chi connectivity index (χ4n) is 3.95. The van der Waals surface area contributed by atoms with Crippen LogP contribution in [0.15, 0.2) is 47.4 Å². The molecule has 0 aliphatic heterocycles. The third-order valence-corrected chi connectivity index (χ3v) is 6.81. The summed E-state index contributed by atoms with van der Waals surface area (Å²) in [4.78, 5) is 11.1. The number of halogens is 4. The Bertz CT molecular complexity index is 1020. The highest BCUT2D eigenvalue weighted by atomic mass is 32.2. The Morgan fingerprint density at radius 1 is 1.11 bits per heavy atom. The number of nitrogens with one attached hydrogen (secondary N) is 1. The fourth-order valence-corrected chi connectivity index (χ4v) is 4.94. The number of likely N-dealkylation sites (N-methyl/N-ethyl adjacent to an activating group) is 1. The van der Waals surface area contributed by atoms with Gasteiger partial charge in [0.2, 0.25) is 0 Å². The third-order valence-electron chi connectivity index (χ3n) is 5.90. The number of hydrogen-bond acceptors (Lipinski definition) is 5. The maximum atomic E-state index is 13.8. The van der Waals surface area contributed by atoms with E-state index < -0.39 is 23.8 Å². The Labute approximate surface area is 220 Å². The van der Waals surface area contributed by atoms with Crippen molar-refractivity contribution in [2.24, 2.45) is 0 Å². The van der Waals surface area contributed by atoms with Crippen LogP contribution in [0.2, 0.25) is 0 Å². The van der Waals surface area contributed by atoms with Crippen LogP contribution in [-0.2, 0) is 23.8 Å². The van der Waals surface area contributed by atoms with Crippen LogP contribution < -0.4 is 5.32 Å². The van der Waals surface area contributed by atoms with E-state index in [0.717, 1.165) is 36.9 Å². The van der Waals surface area contributed by atoms with E-state index in [4.69, 9.17) is 5.11 Å². The van der Waals surface area contributed by atoms with Crippen LogP contribution in [0.4, 0.5) is 17.6 Å². The van der Waals surface area contributed by atoms with E-state index in [1.54, 1.807) is 29.6 Å². The SMILES string of the molecule is CN(C[C@H](O)CNC(C)(C)CCCc1ccccc1F)Sc1cc(CCCC(=O)O)cc(C(F)(F)F)c1. The number of carboxylic acid groups (broad SMARTS) is 1. The molecule has 2 aromatic carbocycles. The highest BCUT2D eigenvalue weighted by Gasteiger charge is 2.31. The Kier molecular flexibility index (Phi) is 11.9. The van der Waals surface area contributed by atoms with E-state index in [9.17, 15) is 27.5 Å². The van der Waals surface area contributed by atoms with Crippen molar-refractivity contribution in [1.82, 2.24) is 9.62 Å². The van der Waals surface area contributed by atoms with Gasteiger partial charge in [0.05, 0.1) is 11.7 Å². The van der Waals surface area contributed by atoms with Gasteiger partial charge in [-0.3, -0.25) is 4.79 Å². The van der Waals surface area contributed by atoms with E-state index in [0.29, 0.717) is 29.0 Å². The maximum Gasteiger partial charge on any atom is 0.416 e. The lowest BCUT2D eigenvalue weighted by atomic mass is 9.95. The average Bonchev–Trinajstić information content (AvgIpc) is 2.78. The molecule has 5 nitrogen and oxygen atoms in total. The van der Waals surface area contributed by atoms with Gasteiger partial charge in [0.25, 0.3) is 0 Å². The van der Waals surface area contributed by atoms with Gasteiger partial charge in [-0.1, -0.05) is 18.2 Å². The molecule has 0 unspecified atom stereocenters. The van der Waals surface area contributed by atoms with Crippen LogP contribution in [0.25, 0.3) is 0 Å². The molecule has 2 rings (SSSR count). The summed E-state index contributed by atoms with van der Waals surface area (Å²) in [5, 5.41) is 22.6. The van der Waals surface area contributed by atoms with Crippen molar-refractivity contribution in [1.29, 1.82) is 0 Å². The maximum absolute atomic E-state index is 13.8. The molecule has 0 radical (unpaired) electrons. The smallest absolute Gasteiger partial charge is 0.416 e. The highest BCUT2D eigenvalue weighted by Crippen LogP contribution is 2.34. The van der Waals surface area contributed by atoms with Gasteiger partial charge >= 0.3 is 12.1 Å². The molecule has 0 amide bonds. The summed E-state index contributed by atoms with van der Waals surface area (Å²) in [5.74, 6) is -1.20. The number of carbonyl (C=O) groups is 1. The molecule has 37 heavy (non-hydrogen) atoms. The molecule has 10 heteroatoms. The topological polar surface area (TPSA) is 72.8 Å². The molecule has 2 aromatic rings. The number of hydrogen-bond donors (Lipinski definition) is 3. The summed E-state index contributed by atoms with van der Waals surface area (Å²) < 4.78 is 55.6. The number of benzene rings is 2. The zero-order valence-corrected chi connectivity index (χ0v) is 22.3. The van der Waals surface area contributed by atoms with Crippen LogP contribution >= 0.6 is 11.9 Å². The molecule has 0 heterocycles. The van der Waals surface area contributed by atoms with Crippen molar-refractivity contribution in [3.8, 4) is 0 Å². The summed E-state index contributed by atoms with van der Waals surface area (Å²) >= 11 is 1.10. The molecule has 0 aliphatic carbocycles. The average molecular weight is 545 g/mol. The van der Waals surface area contributed by atoms with Crippen LogP contribution in [0.5, 0.6) is 0 Å². The van der Waals surface area contributed by atoms with Gasteiger partial charge in [-0.2, -0.15) is 13.2 Å². The molecule has 0 aliphatic rings. The minimum Gasteiger partial charge on any atom is -0.481 e. The Balaban J connectivity index is 1.86. The van der Waals surface area contributed by atoms with E-state index in [2.05, 4.69) is 5.32 Å². The molecular weight excluding hydrogens is 508 g/mol. The van der Waals surface area contributed by atoms with Crippen molar-refractivity contribution in [2.75, 3.05) is 20.1 Å². The Hall–Kier alpha value is -2.14. The molecule has 0 aromatic heterocycles. The predicted octanol–water partition coefficient (Wildman–Crippen LogP) is 5.94. The number of aliphatic carboxylic acids is 1. The molecule has 0 bridgehead atoms. The number of rotatable bonds is 15. The van der Waals surface area contributed by atoms with Crippen molar-refractivity contribution < 1.29 is 32.6 Å². The second-order valence-corrected chi connectivity index (χ2v) is 11.2. The van der Waals surface area contributed by atoms with Gasteiger partial charge in [0, 0.05) is 29.9 Å². The lowest BCUT2D eigenvalue weighted by Crippen LogP contribution is -2.45. The molecule has 1 atom stereocenters. The summed E-state index contributed by atoms with van der Waals surface area (Å²) in [7, 11) is 1.69. The zero-order valence-electron chi connectivity index (χ0n) is 21.4. The van der Waals surface area contributed by atoms with Gasteiger partial charge in [0.15, 0.2) is 0 Å².